The van der Waals surface area contributed by atoms with Crippen molar-refractivity contribution in [1.29, 1.82) is 0 Å². The molecule has 0 bridgehead atoms. The summed E-state index contributed by atoms with van der Waals surface area (Å²) in [6.07, 6.45) is 0. The first-order chi connectivity index (χ1) is 10.4. The molecular weight excluding hydrogens is 363 g/mol. The first-order valence-electron chi connectivity index (χ1n) is 6.26. The molecule has 0 atom stereocenters. The number of hydrogen-bond donors (Lipinski definition) is 1. The highest BCUT2D eigenvalue weighted by molar-refractivity contribution is 8.11. The molecular formula is C13H12Cl2N4OS2. The third-order valence-corrected chi connectivity index (χ3v) is 3.52. The molecule has 0 saturated carbocycles. The smallest absolute Gasteiger partial charge is 0.246 e. The fraction of sp³-hybridized carbons (Fsp3) is 0.231. The molecule has 0 aliphatic rings. The van der Waals surface area contributed by atoms with Gasteiger partial charge in [0.1, 0.15) is 5.69 Å². The fourth-order valence-corrected chi connectivity index (χ4v) is 2.38. The molecule has 1 aromatic heterocycles. The molecule has 2 aromatic rings. The van der Waals surface area contributed by atoms with Gasteiger partial charge in [0.15, 0.2) is 10.0 Å². The Kier molecular flexibility index (Phi) is 5.80. The number of hydrogen-bond acceptors (Lipinski definition) is 5. The van der Waals surface area contributed by atoms with E-state index in [1.165, 1.54) is 4.68 Å². The second-order valence-electron chi connectivity index (χ2n) is 4.16. The predicted molar refractivity (Wildman–Crippen MR) is 95.8 cm³/mol. The Hall–Kier alpha value is -1.15. The molecule has 0 radical (unpaired) electrons. The van der Waals surface area contributed by atoms with Gasteiger partial charge in [0, 0.05) is 5.02 Å². The summed E-state index contributed by atoms with van der Waals surface area (Å²) in [7, 11) is 0. The van der Waals surface area contributed by atoms with Crippen molar-refractivity contribution in [2.24, 2.45) is 10.2 Å². The maximum Gasteiger partial charge on any atom is 0.246 e. The lowest BCUT2D eigenvalue weighted by atomic mass is 10.3. The number of halogens is 2. The van der Waals surface area contributed by atoms with Crippen LogP contribution in [0.1, 0.15) is 12.6 Å². The van der Waals surface area contributed by atoms with Crippen LogP contribution < -0.4 is 4.74 Å². The van der Waals surface area contributed by atoms with E-state index in [1.807, 2.05) is 6.92 Å². The second kappa shape index (κ2) is 7.41. The van der Waals surface area contributed by atoms with Gasteiger partial charge in [-0.25, -0.2) is 0 Å². The fourth-order valence-electron chi connectivity index (χ4n) is 1.68. The van der Waals surface area contributed by atoms with Gasteiger partial charge in [-0.05, 0) is 32.0 Å². The summed E-state index contributed by atoms with van der Waals surface area (Å²) in [6.45, 7) is 4.07. The molecule has 22 heavy (non-hydrogen) atoms. The molecule has 0 unspecified atom stereocenters. The lowest BCUT2D eigenvalue weighted by Gasteiger charge is -2.05. The quantitative estimate of drug-likeness (QED) is 0.444. The number of rotatable bonds is 4. The SMILES string of the molecule is CCOc1c(N=Nc2ccc(Cl)cc2Cl)c(C)nn1C(=S)S. The number of thiol groups is 1. The largest absolute Gasteiger partial charge is 0.476 e. The van der Waals surface area contributed by atoms with Crippen LogP contribution in [0.2, 0.25) is 10.0 Å². The van der Waals surface area contributed by atoms with Crippen LogP contribution in [0.25, 0.3) is 0 Å². The highest BCUT2D eigenvalue weighted by Gasteiger charge is 2.18. The Morgan fingerprint density at radius 3 is 2.73 bits per heavy atom. The number of ether oxygens (including phenoxy) is 1. The summed E-state index contributed by atoms with van der Waals surface area (Å²) in [6, 6.07) is 4.96. The molecule has 0 spiro atoms. The number of benzene rings is 1. The van der Waals surface area contributed by atoms with Crippen LogP contribution in [0.15, 0.2) is 28.4 Å². The molecule has 0 aliphatic carbocycles. The van der Waals surface area contributed by atoms with E-state index in [2.05, 4.69) is 28.0 Å². The van der Waals surface area contributed by atoms with Gasteiger partial charge in [-0.1, -0.05) is 35.4 Å². The van der Waals surface area contributed by atoms with Gasteiger partial charge in [0.25, 0.3) is 0 Å². The van der Waals surface area contributed by atoms with Crippen molar-refractivity contribution in [3.8, 4) is 5.88 Å². The normalized spacial score (nSPS) is 11.1. The van der Waals surface area contributed by atoms with Crippen LogP contribution in [0.4, 0.5) is 11.4 Å². The van der Waals surface area contributed by atoms with Crippen molar-refractivity contribution < 1.29 is 4.74 Å². The van der Waals surface area contributed by atoms with E-state index in [9.17, 15) is 0 Å². The van der Waals surface area contributed by atoms with Gasteiger partial charge in [0.05, 0.1) is 17.3 Å². The molecule has 0 saturated heterocycles. The average Bonchev–Trinajstić information content (AvgIpc) is 2.75. The van der Waals surface area contributed by atoms with E-state index in [-0.39, 0.29) is 4.32 Å². The minimum absolute atomic E-state index is 0.262. The molecule has 0 aliphatic heterocycles. The summed E-state index contributed by atoms with van der Waals surface area (Å²) in [5, 5.41) is 13.5. The molecule has 5 nitrogen and oxygen atoms in total. The third-order valence-electron chi connectivity index (χ3n) is 2.62. The van der Waals surface area contributed by atoms with Crippen LogP contribution in [0.3, 0.4) is 0 Å². The molecule has 0 N–H and O–H groups in total. The van der Waals surface area contributed by atoms with Gasteiger partial charge in [-0.15, -0.1) is 22.9 Å². The first kappa shape index (κ1) is 17.2. The summed E-state index contributed by atoms with van der Waals surface area (Å²) in [4.78, 5) is 0. The Balaban J connectivity index is 2.44. The highest BCUT2D eigenvalue weighted by atomic mass is 35.5. The zero-order chi connectivity index (χ0) is 16.3. The zero-order valence-corrected chi connectivity index (χ0v) is 15.0. The van der Waals surface area contributed by atoms with Crippen LogP contribution in [0, 0.1) is 6.92 Å². The molecule has 0 fully saturated rings. The van der Waals surface area contributed by atoms with Crippen LogP contribution >= 0.6 is 48.0 Å². The molecule has 1 heterocycles. The minimum Gasteiger partial charge on any atom is -0.476 e. The van der Waals surface area contributed by atoms with Crippen molar-refractivity contribution in [2.45, 2.75) is 13.8 Å². The van der Waals surface area contributed by atoms with Crippen LogP contribution in [-0.4, -0.2) is 20.7 Å². The Labute approximate surface area is 148 Å². The maximum absolute atomic E-state index is 6.07. The van der Waals surface area contributed by atoms with Crippen LogP contribution in [0.5, 0.6) is 5.88 Å². The van der Waals surface area contributed by atoms with Gasteiger partial charge in [-0.2, -0.15) is 9.78 Å². The van der Waals surface area contributed by atoms with E-state index >= 15 is 0 Å². The summed E-state index contributed by atoms with van der Waals surface area (Å²) >= 11 is 21.1. The van der Waals surface area contributed by atoms with Gasteiger partial charge < -0.3 is 4.74 Å². The minimum atomic E-state index is 0.262. The van der Waals surface area contributed by atoms with E-state index in [1.54, 1.807) is 25.1 Å². The topological polar surface area (TPSA) is 51.8 Å². The number of thiocarbonyl (C=S) groups is 1. The van der Waals surface area contributed by atoms with Crippen molar-refractivity contribution in [2.75, 3.05) is 6.61 Å². The summed E-state index contributed by atoms with van der Waals surface area (Å²) in [5.74, 6) is 0.397. The van der Waals surface area contributed by atoms with Gasteiger partial charge in [0.2, 0.25) is 5.88 Å². The third kappa shape index (κ3) is 3.78. The van der Waals surface area contributed by atoms with Crippen molar-refractivity contribution >= 4 is 63.7 Å². The molecule has 2 rings (SSSR count). The standard InChI is InChI=1S/C13H12Cl2N4OS2/c1-3-20-12-11(7(2)18-19(12)13(21)22)17-16-10-5-4-8(14)6-9(10)15/h4-6H,3H2,1-2H3,(H,21,22). The van der Waals surface area contributed by atoms with E-state index in [4.69, 9.17) is 40.2 Å². The van der Waals surface area contributed by atoms with E-state index in [0.29, 0.717) is 39.6 Å². The van der Waals surface area contributed by atoms with E-state index < -0.39 is 0 Å². The summed E-state index contributed by atoms with van der Waals surface area (Å²) < 4.78 is 7.20. The van der Waals surface area contributed by atoms with Crippen molar-refractivity contribution in [1.82, 2.24) is 9.78 Å². The average molecular weight is 375 g/mol. The van der Waals surface area contributed by atoms with Crippen molar-refractivity contribution in [3.05, 3.63) is 33.9 Å². The molecule has 0 amide bonds. The first-order valence-corrected chi connectivity index (χ1v) is 7.87. The number of aryl methyl sites for hydroxylation is 1. The number of aromatic nitrogens is 2. The van der Waals surface area contributed by atoms with Gasteiger partial charge >= 0.3 is 0 Å². The zero-order valence-electron chi connectivity index (χ0n) is 11.7. The second-order valence-corrected chi connectivity index (χ2v) is 6.12. The molecule has 9 heteroatoms. The summed E-state index contributed by atoms with van der Waals surface area (Å²) in [5.41, 5.74) is 1.59. The monoisotopic (exact) mass is 374 g/mol. The van der Waals surface area contributed by atoms with Crippen molar-refractivity contribution in [3.63, 3.8) is 0 Å². The Morgan fingerprint density at radius 1 is 1.41 bits per heavy atom. The Bertz CT molecular complexity index is 746. The van der Waals surface area contributed by atoms with E-state index in [0.717, 1.165) is 0 Å². The lowest BCUT2D eigenvalue weighted by molar-refractivity contribution is 0.321. The lowest BCUT2D eigenvalue weighted by Crippen LogP contribution is -2.07. The van der Waals surface area contributed by atoms with Gasteiger partial charge in [-0.3, -0.25) is 0 Å². The predicted octanol–water partition coefficient (Wildman–Crippen LogP) is 5.38. The number of azo groups is 1. The van der Waals surface area contributed by atoms with Crippen LogP contribution in [-0.2, 0) is 0 Å². The Morgan fingerprint density at radius 2 is 2.14 bits per heavy atom. The molecule has 116 valence electrons. The molecule has 1 aromatic carbocycles. The highest BCUT2D eigenvalue weighted by Crippen LogP contribution is 2.35. The number of nitrogens with zero attached hydrogens (tertiary/aromatic N) is 4. The maximum atomic E-state index is 6.07.